The Labute approximate surface area is 163 Å². The van der Waals surface area contributed by atoms with Gasteiger partial charge in [-0.05, 0) is 42.0 Å². The average Bonchev–Trinajstić information content (AvgIpc) is 3.22. The highest BCUT2D eigenvalue weighted by Crippen LogP contribution is 2.22. The van der Waals surface area contributed by atoms with Crippen molar-refractivity contribution in [3.63, 3.8) is 0 Å². The lowest BCUT2D eigenvalue weighted by Crippen LogP contribution is -2.08. The third-order valence-corrected chi connectivity index (χ3v) is 4.33. The van der Waals surface area contributed by atoms with E-state index in [-0.39, 0.29) is 0 Å². The van der Waals surface area contributed by atoms with Crippen molar-refractivity contribution >= 4 is 17.3 Å². The Morgan fingerprint density at radius 3 is 2.64 bits per heavy atom. The number of nitrogens with one attached hydrogen (secondary N) is 1. The molecule has 0 saturated heterocycles. The molecule has 0 spiro atoms. The van der Waals surface area contributed by atoms with E-state index in [4.69, 9.17) is 0 Å². The summed E-state index contributed by atoms with van der Waals surface area (Å²) in [5.41, 5.74) is 5.12. The minimum atomic E-state index is 0.566. The maximum atomic E-state index is 4.67. The molecule has 2 aromatic heterocycles. The summed E-state index contributed by atoms with van der Waals surface area (Å²) < 4.78 is 1.80. The molecule has 0 amide bonds. The zero-order valence-electron chi connectivity index (χ0n) is 15.8. The number of hydrogen-bond donors (Lipinski definition) is 1. The van der Waals surface area contributed by atoms with Crippen LogP contribution in [0.15, 0.2) is 73.4 Å². The van der Waals surface area contributed by atoms with Gasteiger partial charge >= 0.3 is 0 Å². The topological polar surface area (TPSA) is 71.8 Å². The lowest BCUT2D eigenvalue weighted by atomic mass is 10.1. The molecule has 0 radical (unpaired) electrons. The Kier molecular flexibility index (Phi) is 4.97. The number of aromatic nitrogens is 5. The second kappa shape index (κ2) is 7.87. The van der Waals surface area contributed by atoms with Gasteiger partial charge in [-0.3, -0.25) is 0 Å². The predicted octanol–water partition coefficient (Wildman–Crippen LogP) is 3.59. The quantitative estimate of drug-likeness (QED) is 0.558. The van der Waals surface area contributed by atoms with Crippen molar-refractivity contribution in [3.8, 4) is 11.3 Å². The highest BCUT2D eigenvalue weighted by molar-refractivity contribution is 5.63. The zero-order valence-corrected chi connectivity index (χ0v) is 15.8. The summed E-state index contributed by atoms with van der Waals surface area (Å²) in [6.07, 6.45) is 5.02. The molecule has 1 N–H and O–H groups in total. The Hall–Kier alpha value is -3.74. The van der Waals surface area contributed by atoms with E-state index in [2.05, 4.69) is 54.5 Å². The van der Waals surface area contributed by atoms with E-state index in [0.717, 1.165) is 28.2 Å². The molecule has 0 atom stereocenters. The minimum Gasteiger partial charge on any atom is -0.378 e. The maximum absolute atomic E-state index is 4.67. The second-order valence-electron chi connectivity index (χ2n) is 6.63. The van der Waals surface area contributed by atoms with Crippen LogP contribution in [0.4, 0.5) is 17.3 Å². The van der Waals surface area contributed by atoms with Crippen LogP contribution in [-0.2, 0) is 6.54 Å². The van der Waals surface area contributed by atoms with E-state index in [0.29, 0.717) is 12.5 Å². The lowest BCUT2D eigenvalue weighted by molar-refractivity contribution is 0.685. The molecule has 0 bridgehead atoms. The number of rotatable bonds is 6. The van der Waals surface area contributed by atoms with Crippen LogP contribution in [-0.4, -0.2) is 38.8 Å². The van der Waals surface area contributed by atoms with Crippen LogP contribution in [0.2, 0.25) is 0 Å². The van der Waals surface area contributed by atoms with Crippen molar-refractivity contribution in [2.75, 3.05) is 24.3 Å². The van der Waals surface area contributed by atoms with Gasteiger partial charge in [0, 0.05) is 37.2 Å². The van der Waals surface area contributed by atoms with Crippen molar-refractivity contribution < 1.29 is 0 Å². The van der Waals surface area contributed by atoms with Crippen molar-refractivity contribution in [1.29, 1.82) is 0 Å². The van der Waals surface area contributed by atoms with Crippen molar-refractivity contribution in [2.45, 2.75) is 6.54 Å². The van der Waals surface area contributed by atoms with E-state index in [9.17, 15) is 0 Å². The Bertz CT molecular complexity index is 1040. The molecule has 140 valence electrons. The van der Waals surface area contributed by atoms with Gasteiger partial charge in [-0.25, -0.2) is 19.6 Å². The lowest BCUT2D eigenvalue weighted by Gasteiger charge is -2.13. The molecule has 4 aromatic rings. The van der Waals surface area contributed by atoms with Crippen LogP contribution in [0.1, 0.15) is 5.56 Å². The van der Waals surface area contributed by atoms with Crippen LogP contribution in [0.3, 0.4) is 0 Å². The molecule has 0 aliphatic heterocycles. The van der Waals surface area contributed by atoms with Gasteiger partial charge in [-0.15, -0.1) is 0 Å². The van der Waals surface area contributed by atoms with Crippen molar-refractivity contribution in [2.24, 2.45) is 0 Å². The number of nitrogens with zero attached hydrogens (tertiary/aromatic N) is 6. The third kappa shape index (κ3) is 4.15. The molecule has 4 rings (SSSR count). The molecule has 0 unspecified atom stereocenters. The standard InChI is InChI=1S/C21H21N7/c1-27(2)19-8-6-18(7-9-19)25-21-23-11-10-20(26-21)17-5-3-4-16(12-17)13-28-15-22-14-24-28/h3-12,14-15H,13H2,1-2H3,(H,23,25,26). The van der Waals surface area contributed by atoms with Crippen LogP contribution in [0, 0.1) is 0 Å². The molecule has 2 heterocycles. The van der Waals surface area contributed by atoms with Gasteiger partial charge in [0.15, 0.2) is 0 Å². The average molecular weight is 371 g/mol. The molecule has 2 aromatic carbocycles. The largest absolute Gasteiger partial charge is 0.378 e. The van der Waals surface area contributed by atoms with Crippen molar-refractivity contribution in [3.05, 3.63) is 79.0 Å². The Balaban J connectivity index is 1.53. The fourth-order valence-corrected chi connectivity index (χ4v) is 2.88. The first-order valence-corrected chi connectivity index (χ1v) is 8.96. The summed E-state index contributed by atoms with van der Waals surface area (Å²) in [7, 11) is 4.04. The molecule has 7 heteroatoms. The molecule has 28 heavy (non-hydrogen) atoms. The van der Waals surface area contributed by atoms with Crippen LogP contribution in [0.25, 0.3) is 11.3 Å². The smallest absolute Gasteiger partial charge is 0.227 e. The monoisotopic (exact) mass is 371 g/mol. The third-order valence-electron chi connectivity index (χ3n) is 4.33. The first kappa shape index (κ1) is 17.7. The highest BCUT2D eigenvalue weighted by Gasteiger charge is 2.05. The molecule has 7 nitrogen and oxygen atoms in total. The SMILES string of the molecule is CN(C)c1ccc(Nc2nccc(-c3cccc(Cn4cncn4)c3)n2)cc1. The van der Waals surface area contributed by atoms with Gasteiger partial charge in [0.1, 0.15) is 12.7 Å². The van der Waals surface area contributed by atoms with Crippen LogP contribution in [0.5, 0.6) is 0 Å². The molecule has 0 aliphatic carbocycles. The molecule has 0 aliphatic rings. The first-order chi connectivity index (χ1) is 13.7. The van der Waals surface area contributed by atoms with E-state index < -0.39 is 0 Å². The molecular formula is C21H21N7. The second-order valence-corrected chi connectivity index (χ2v) is 6.63. The van der Waals surface area contributed by atoms with E-state index >= 15 is 0 Å². The van der Waals surface area contributed by atoms with Gasteiger partial charge in [0.25, 0.3) is 0 Å². The molecular weight excluding hydrogens is 350 g/mol. The molecule has 0 fully saturated rings. The summed E-state index contributed by atoms with van der Waals surface area (Å²) in [6, 6.07) is 18.3. The summed E-state index contributed by atoms with van der Waals surface area (Å²) in [6.45, 7) is 0.669. The fourth-order valence-electron chi connectivity index (χ4n) is 2.88. The normalized spacial score (nSPS) is 10.6. The number of hydrogen-bond acceptors (Lipinski definition) is 6. The van der Waals surface area contributed by atoms with Gasteiger partial charge in [0.05, 0.1) is 12.2 Å². The maximum Gasteiger partial charge on any atom is 0.227 e. The number of anilines is 3. The minimum absolute atomic E-state index is 0.566. The van der Waals surface area contributed by atoms with Crippen molar-refractivity contribution in [1.82, 2.24) is 24.7 Å². The highest BCUT2D eigenvalue weighted by atomic mass is 15.3. The molecule has 0 saturated carbocycles. The van der Waals surface area contributed by atoms with Gasteiger partial charge < -0.3 is 10.2 Å². The number of benzene rings is 2. The Morgan fingerprint density at radius 2 is 1.89 bits per heavy atom. The van der Waals surface area contributed by atoms with E-state index in [1.165, 1.54) is 6.33 Å². The van der Waals surface area contributed by atoms with E-state index in [1.807, 2.05) is 44.4 Å². The summed E-state index contributed by atoms with van der Waals surface area (Å²) in [4.78, 5) is 15.1. The van der Waals surface area contributed by atoms with Gasteiger partial charge in [0.2, 0.25) is 5.95 Å². The van der Waals surface area contributed by atoms with Gasteiger partial charge in [-0.2, -0.15) is 5.10 Å². The van der Waals surface area contributed by atoms with E-state index in [1.54, 1.807) is 17.2 Å². The van der Waals surface area contributed by atoms with Crippen LogP contribution >= 0.6 is 0 Å². The predicted molar refractivity (Wildman–Crippen MR) is 111 cm³/mol. The van der Waals surface area contributed by atoms with Gasteiger partial charge in [-0.1, -0.05) is 18.2 Å². The fraction of sp³-hybridized carbons (Fsp3) is 0.143. The van der Waals surface area contributed by atoms with Crippen LogP contribution < -0.4 is 10.2 Å². The zero-order chi connectivity index (χ0) is 19.3. The first-order valence-electron chi connectivity index (χ1n) is 8.96. The summed E-state index contributed by atoms with van der Waals surface area (Å²) >= 11 is 0. The summed E-state index contributed by atoms with van der Waals surface area (Å²) in [5.74, 6) is 0.566. The summed E-state index contributed by atoms with van der Waals surface area (Å²) in [5, 5.41) is 7.43. The Morgan fingerprint density at radius 1 is 1.04 bits per heavy atom.